The van der Waals surface area contributed by atoms with Crippen LogP contribution in [0.3, 0.4) is 0 Å². The maximum Gasteiger partial charge on any atom is 0.421 e. The summed E-state index contributed by atoms with van der Waals surface area (Å²) in [5.41, 5.74) is 5.03. The van der Waals surface area contributed by atoms with Crippen LogP contribution in [-0.2, 0) is 10.9 Å². The molecule has 3 rings (SSSR count). The molecule has 0 spiro atoms. The number of nitrogens with one attached hydrogen (secondary N) is 1. The van der Waals surface area contributed by atoms with Crippen LogP contribution >= 0.6 is 0 Å². The molecule has 3 heterocycles. The van der Waals surface area contributed by atoms with E-state index in [1.807, 2.05) is 13.8 Å². The third kappa shape index (κ3) is 4.29. The van der Waals surface area contributed by atoms with Crippen molar-refractivity contribution in [2.75, 3.05) is 30.9 Å². The topological polar surface area (TPSA) is 100 Å². The number of hydrogen-bond donors (Lipinski definition) is 2. The van der Waals surface area contributed by atoms with E-state index < -0.39 is 17.6 Å². The maximum absolute atomic E-state index is 12.9. The predicted molar refractivity (Wildman–Crippen MR) is 96.5 cm³/mol. The van der Waals surface area contributed by atoms with Crippen molar-refractivity contribution in [2.45, 2.75) is 39.4 Å². The van der Waals surface area contributed by atoms with Gasteiger partial charge in [0.15, 0.2) is 11.6 Å². The molecule has 1 aliphatic heterocycles. The van der Waals surface area contributed by atoms with E-state index in [9.17, 15) is 13.2 Å². The van der Waals surface area contributed by atoms with E-state index in [1.165, 1.54) is 0 Å². The van der Waals surface area contributed by atoms with Gasteiger partial charge in [-0.1, -0.05) is 0 Å². The lowest BCUT2D eigenvalue weighted by Gasteiger charge is -2.16. The van der Waals surface area contributed by atoms with Crippen LogP contribution in [0.2, 0.25) is 0 Å². The van der Waals surface area contributed by atoms with Gasteiger partial charge in [-0.25, -0.2) is 9.67 Å². The number of aryl methyl sites for hydroxylation is 1. The van der Waals surface area contributed by atoms with Gasteiger partial charge >= 0.3 is 6.18 Å². The summed E-state index contributed by atoms with van der Waals surface area (Å²) >= 11 is 0. The molecule has 3 N–H and O–H groups in total. The van der Waals surface area contributed by atoms with Gasteiger partial charge in [0, 0.05) is 24.8 Å². The van der Waals surface area contributed by atoms with Crippen molar-refractivity contribution in [1.82, 2.24) is 19.7 Å². The predicted octanol–water partition coefficient (Wildman–Crippen LogP) is 3.32. The highest BCUT2D eigenvalue weighted by atomic mass is 19.4. The first-order valence-corrected chi connectivity index (χ1v) is 8.93. The summed E-state index contributed by atoms with van der Waals surface area (Å²) in [6, 6.07) is -0.0276. The van der Waals surface area contributed by atoms with Crippen LogP contribution < -0.4 is 15.8 Å². The van der Waals surface area contributed by atoms with Crippen molar-refractivity contribution in [3.63, 3.8) is 0 Å². The molecule has 0 aliphatic carbocycles. The van der Waals surface area contributed by atoms with Crippen LogP contribution in [0.1, 0.15) is 37.6 Å². The number of alkyl halides is 3. The smallest absolute Gasteiger partial charge is 0.421 e. The van der Waals surface area contributed by atoms with Gasteiger partial charge in [-0.3, -0.25) is 0 Å². The molecular formula is C17H23F3N6O2. The monoisotopic (exact) mass is 400 g/mol. The van der Waals surface area contributed by atoms with E-state index in [1.54, 1.807) is 11.6 Å². The van der Waals surface area contributed by atoms with Gasteiger partial charge in [-0.05, 0) is 27.2 Å². The van der Waals surface area contributed by atoms with Gasteiger partial charge in [-0.15, -0.1) is 0 Å². The van der Waals surface area contributed by atoms with Crippen LogP contribution in [0, 0.1) is 12.8 Å². The number of halogens is 3. The molecule has 2 aromatic rings. The Morgan fingerprint density at radius 2 is 2.18 bits per heavy atom. The average molecular weight is 400 g/mol. The summed E-state index contributed by atoms with van der Waals surface area (Å²) < 4.78 is 51.6. The standard InChI is InChI=1S/C17H23F3N6O2/c1-9(2)26-15(13(10(3)25-26)28-8-11-4-5-27-7-11)24-16-22-6-12(14(21)23-16)17(18,19)20/h6,9,11H,4-5,7-8H2,1-3H3,(H3,21,22,23,24). The molecule has 0 radical (unpaired) electrons. The minimum atomic E-state index is -4.61. The Kier molecular flexibility index (Phi) is 5.64. The third-order valence-electron chi connectivity index (χ3n) is 4.36. The maximum atomic E-state index is 12.9. The second-order valence-electron chi connectivity index (χ2n) is 6.96. The highest BCUT2D eigenvalue weighted by Gasteiger charge is 2.34. The number of hydrogen-bond acceptors (Lipinski definition) is 7. The van der Waals surface area contributed by atoms with Crippen molar-refractivity contribution in [1.29, 1.82) is 0 Å². The molecular weight excluding hydrogens is 377 g/mol. The minimum Gasteiger partial charge on any atom is -0.487 e. The van der Waals surface area contributed by atoms with Gasteiger partial charge in [0.25, 0.3) is 0 Å². The number of rotatable bonds is 6. The molecule has 11 heteroatoms. The lowest BCUT2D eigenvalue weighted by atomic mass is 10.1. The molecule has 2 aromatic heterocycles. The number of nitrogens with two attached hydrogens (primary N) is 1. The molecule has 1 fully saturated rings. The molecule has 0 bridgehead atoms. The molecule has 0 amide bonds. The Hall–Kier alpha value is -2.56. The van der Waals surface area contributed by atoms with Crippen molar-refractivity contribution in [3.05, 3.63) is 17.5 Å². The Bertz CT molecular complexity index is 831. The number of nitrogen functional groups attached to an aromatic ring is 1. The highest BCUT2D eigenvalue weighted by molar-refractivity contribution is 5.61. The zero-order chi connectivity index (χ0) is 20.5. The Morgan fingerprint density at radius 1 is 1.43 bits per heavy atom. The third-order valence-corrected chi connectivity index (χ3v) is 4.36. The highest BCUT2D eigenvalue weighted by Crippen LogP contribution is 2.35. The van der Waals surface area contributed by atoms with E-state index in [0.717, 1.165) is 6.42 Å². The van der Waals surface area contributed by atoms with Gasteiger partial charge in [0.1, 0.15) is 17.1 Å². The van der Waals surface area contributed by atoms with Crippen molar-refractivity contribution in [3.8, 4) is 5.75 Å². The fourth-order valence-electron chi connectivity index (χ4n) is 2.89. The summed E-state index contributed by atoms with van der Waals surface area (Å²) in [4.78, 5) is 7.49. The molecule has 0 saturated carbocycles. The van der Waals surface area contributed by atoms with E-state index in [2.05, 4.69) is 20.4 Å². The molecule has 154 valence electrons. The summed E-state index contributed by atoms with van der Waals surface area (Å²) in [5, 5.41) is 7.37. The lowest BCUT2D eigenvalue weighted by Crippen LogP contribution is -2.15. The van der Waals surface area contributed by atoms with E-state index >= 15 is 0 Å². The Morgan fingerprint density at radius 3 is 2.75 bits per heavy atom. The lowest BCUT2D eigenvalue weighted by molar-refractivity contribution is -0.137. The Labute approximate surface area is 160 Å². The van der Waals surface area contributed by atoms with E-state index in [4.69, 9.17) is 15.2 Å². The summed E-state index contributed by atoms with van der Waals surface area (Å²) in [7, 11) is 0. The molecule has 1 saturated heterocycles. The summed E-state index contributed by atoms with van der Waals surface area (Å²) in [5.74, 6) is 0.533. The molecule has 0 aromatic carbocycles. The van der Waals surface area contributed by atoms with Crippen LogP contribution in [0.4, 0.5) is 30.8 Å². The molecule has 28 heavy (non-hydrogen) atoms. The normalized spacial score (nSPS) is 17.3. The largest absolute Gasteiger partial charge is 0.487 e. The second-order valence-corrected chi connectivity index (χ2v) is 6.96. The van der Waals surface area contributed by atoms with Crippen molar-refractivity contribution < 1.29 is 22.6 Å². The molecule has 1 aliphatic rings. The second kappa shape index (κ2) is 7.82. The van der Waals surface area contributed by atoms with Crippen LogP contribution in [0.15, 0.2) is 6.20 Å². The minimum absolute atomic E-state index is 0.0276. The fraction of sp³-hybridized carbons (Fsp3) is 0.588. The SMILES string of the molecule is Cc1nn(C(C)C)c(Nc2ncc(C(F)(F)F)c(N)n2)c1OCC1CCOC1. The van der Waals surface area contributed by atoms with Crippen molar-refractivity contribution in [2.24, 2.45) is 5.92 Å². The fourth-order valence-corrected chi connectivity index (χ4v) is 2.89. The first kappa shape index (κ1) is 20.2. The first-order valence-electron chi connectivity index (χ1n) is 8.93. The number of anilines is 3. The van der Waals surface area contributed by atoms with Gasteiger partial charge in [-0.2, -0.15) is 23.3 Å². The van der Waals surface area contributed by atoms with E-state index in [-0.39, 0.29) is 17.9 Å². The summed E-state index contributed by atoms with van der Waals surface area (Å²) in [6.45, 7) is 7.45. The Balaban J connectivity index is 1.88. The molecule has 1 unspecified atom stereocenters. The van der Waals surface area contributed by atoms with Gasteiger partial charge in [0.2, 0.25) is 5.95 Å². The number of nitrogens with zero attached hydrogens (tertiary/aromatic N) is 4. The van der Waals surface area contributed by atoms with Crippen molar-refractivity contribution >= 4 is 17.6 Å². The number of aromatic nitrogens is 4. The average Bonchev–Trinajstić information content (AvgIpc) is 3.20. The molecule has 1 atom stereocenters. The van der Waals surface area contributed by atoms with Crippen LogP contribution in [0.5, 0.6) is 5.75 Å². The quantitative estimate of drug-likeness (QED) is 0.767. The van der Waals surface area contributed by atoms with Crippen LogP contribution in [0.25, 0.3) is 0 Å². The molecule has 8 nitrogen and oxygen atoms in total. The zero-order valence-electron chi connectivity index (χ0n) is 15.9. The van der Waals surface area contributed by atoms with E-state index in [0.29, 0.717) is 43.3 Å². The zero-order valence-corrected chi connectivity index (χ0v) is 15.9. The number of ether oxygens (including phenoxy) is 2. The van der Waals surface area contributed by atoms with Gasteiger partial charge < -0.3 is 20.5 Å². The van der Waals surface area contributed by atoms with Crippen LogP contribution in [-0.4, -0.2) is 39.6 Å². The van der Waals surface area contributed by atoms with Gasteiger partial charge in [0.05, 0.1) is 13.2 Å². The first-order chi connectivity index (χ1) is 13.2. The summed E-state index contributed by atoms with van der Waals surface area (Å²) in [6.07, 6.45) is -3.04.